The van der Waals surface area contributed by atoms with Gasteiger partial charge in [-0.2, -0.15) is 0 Å². The molecule has 2 saturated heterocycles. The number of aliphatic carboxylic acids is 1. The van der Waals surface area contributed by atoms with Crippen molar-refractivity contribution in [3.05, 3.63) is 35.9 Å². The van der Waals surface area contributed by atoms with Gasteiger partial charge in [0.05, 0.1) is 11.3 Å². The maximum absolute atomic E-state index is 13.1. The van der Waals surface area contributed by atoms with Crippen molar-refractivity contribution in [3.8, 4) is 0 Å². The van der Waals surface area contributed by atoms with Gasteiger partial charge in [-0.15, -0.1) is 0 Å². The molecule has 1 N–H and O–H groups in total. The maximum Gasteiger partial charge on any atom is 0.314 e. The van der Waals surface area contributed by atoms with Crippen LogP contribution >= 0.6 is 0 Å². The van der Waals surface area contributed by atoms with Crippen molar-refractivity contribution in [2.24, 2.45) is 11.8 Å². The van der Waals surface area contributed by atoms with E-state index in [1.54, 1.807) is 0 Å². The van der Waals surface area contributed by atoms with Gasteiger partial charge in [0.25, 0.3) is 0 Å². The molecule has 3 aliphatic rings. The molecule has 4 rings (SSSR count). The van der Waals surface area contributed by atoms with Crippen molar-refractivity contribution in [2.75, 3.05) is 26.2 Å². The van der Waals surface area contributed by atoms with Crippen molar-refractivity contribution < 1.29 is 19.5 Å². The Morgan fingerprint density at radius 1 is 0.857 bits per heavy atom. The molecule has 1 aromatic rings. The number of amides is 2. The lowest BCUT2D eigenvalue weighted by Crippen LogP contribution is -2.52. The molecule has 150 valence electrons. The zero-order chi connectivity index (χ0) is 19.7. The minimum absolute atomic E-state index is 0.0837. The van der Waals surface area contributed by atoms with E-state index in [-0.39, 0.29) is 23.7 Å². The molecule has 6 nitrogen and oxygen atoms in total. The van der Waals surface area contributed by atoms with Crippen LogP contribution in [0.15, 0.2) is 30.3 Å². The molecular formula is C22H28N2O4. The van der Waals surface area contributed by atoms with Gasteiger partial charge in [0, 0.05) is 32.1 Å². The van der Waals surface area contributed by atoms with Gasteiger partial charge in [-0.05, 0) is 44.1 Å². The normalized spacial score (nSPS) is 24.6. The number of carbonyl (C=O) groups excluding carboxylic acids is 2. The van der Waals surface area contributed by atoms with Gasteiger partial charge in [-0.1, -0.05) is 30.3 Å². The molecule has 0 spiro atoms. The summed E-state index contributed by atoms with van der Waals surface area (Å²) in [4.78, 5) is 41.2. The van der Waals surface area contributed by atoms with E-state index in [4.69, 9.17) is 0 Å². The average molecular weight is 384 g/mol. The largest absolute Gasteiger partial charge is 0.481 e. The zero-order valence-electron chi connectivity index (χ0n) is 16.2. The molecule has 2 aliphatic heterocycles. The lowest BCUT2D eigenvalue weighted by atomic mass is 9.72. The van der Waals surface area contributed by atoms with Crippen molar-refractivity contribution in [3.63, 3.8) is 0 Å². The van der Waals surface area contributed by atoms with E-state index in [0.717, 1.165) is 37.8 Å². The first-order valence-corrected chi connectivity index (χ1v) is 10.4. The molecule has 1 unspecified atom stereocenters. The van der Waals surface area contributed by atoms with Crippen molar-refractivity contribution >= 4 is 17.8 Å². The maximum atomic E-state index is 13.1. The number of rotatable bonds is 4. The number of likely N-dealkylation sites (tertiary alicyclic amines) is 2. The van der Waals surface area contributed by atoms with E-state index in [9.17, 15) is 19.5 Å². The predicted molar refractivity (Wildman–Crippen MR) is 104 cm³/mol. The van der Waals surface area contributed by atoms with Crippen molar-refractivity contribution in [2.45, 2.75) is 43.9 Å². The number of benzene rings is 1. The number of hydrogen-bond acceptors (Lipinski definition) is 3. The fourth-order valence-electron chi connectivity index (χ4n) is 4.72. The molecule has 28 heavy (non-hydrogen) atoms. The summed E-state index contributed by atoms with van der Waals surface area (Å²) in [6.45, 7) is 2.18. The smallest absolute Gasteiger partial charge is 0.314 e. The fraction of sp³-hybridized carbons (Fsp3) is 0.591. The van der Waals surface area contributed by atoms with E-state index >= 15 is 0 Å². The number of carboxylic acid groups (broad SMARTS) is 1. The molecule has 0 aromatic heterocycles. The minimum atomic E-state index is -0.918. The monoisotopic (exact) mass is 384 g/mol. The van der Waals surface area contributed by atoms with Crippen LogP contribution in [0.25, 0.3) is 0 Å². The SMILES string of the molecule is O=C(C1CCCN(C(=O)C2CC2)C1)N1CCC(C(=O)O)(c2ccccc2)CC1. The first-order chi connectivity index (χ1) is 13.5. The van der Waals surface area contributed by atoms with Crippen LogP contribution in [0.5, 0.6) is 0 Å². The highest BCUT2D eigenvalue weighted by Crippen LogP contribution is 2.37. The summed E-state index contributed by atoms with van der Waals surface area (Å²) in [7, 11) is 0. The van der Waals surface area contributed by atoms with Crippen LogP contribution in [0.2, 0.25) is 0 Å². The quantitative estimate of drug-likeness (QED) is 0.864. The molecule has 1 saturated carbocycles. The van der Waals surface area contributed by atoms with Crippen LogP contribution in [0.3, 0.4) is 0 Å². The molecule has 2 amide bonds. The van der Waals surface area contributed by atoms with E-state index in [2.05, 4.69) is 0 Å². The Morgan fingerprint density at radius 2 is 1.50 bits per heavy atom. The van der Waals surface area contributed by atoms with Gasteiger partial charge in [0.2, 0.25) is 11.8 Å². The standard InChI is InChI=1S/C22H28N2O4/c25-19(16-8-9-16)24-12-4-5-17(15-24)20(26)23-13-10-22(11-14-23,21(27)28)18-6-2-1-3-7-18/h1-3,6-7,16-17H,4-5,8-15H2,(H,27,28). The second kappa shape index (κ2) is 7.57. The van der Waals surface area contributed by atoms with Crippen molar-refractivity contribution in [1.29, 1.82) is 0 Å². The third kappa shape index (κ3) is 3.52. The van der Waals surface area contributed by atoms with Crippen LogP contribution in [0.1, 0.15) is 44.1 Å². The average Bonchev–Trinajstić information content (AvgIpc) is 3.59. The Hall–Kier alpha value is -2.37. The number of carbonyl (C=O) groups is 3. The first-order valence-electron chi connectivity index (χ1n) is 10.4. The van der Waals surface area contributed by atoms with Crippen LogP contribution in [0, 0.1) is 11.8 Å². The summed E-state index contributed by atoms with van der Waals surface area (Å²) in [5, 5.41) is 9.92. The molecule has 1 atom stereocenters. The summed E-state index contributed by atoms with van der Waals surface area (Å²) in [5.74, 6) is -0.480. The highest BCUT2D eigenvalue weighted by Gasteiger charge is 2.45. The highest BCUT2D eigenvalue weighted by molar-refractivity contribution is 5.85. The van der Waals surface area contributed by atoms with E-state index in [0.29, 0.717) is 32.5 Å². The molecular weight excluding hydrogens is 356 g/mol. The van der Waals surface area contributed by atoms with Gasteiger partial charge in [0.1, 0.15) is 0 Å². The van der Waals surface area contributed by atoms with Gasteiger partial charge < -0.3 is 14.9 Å². The molecule has 0 bridgehead atoms. The molecule has 1 aromatic carbocycles. The number of carboxylic acids is 1. The summed E-state index contributed by atoms with van der Waals surface area (Å²) in [6.07, 6.45) is 4.50. The van der Waals surface area contributed by atoms with Gasteiger partial charge in [-0.3, -0.25) is 14.4 Å². The molecule has 3 fully saturated rings. The van der Waals surface area contributed by atoms with Crippen LogP contribution < -0.4 is 0 Å². The summed E-state index contributed by atoms with van der Waals surface area (Å²) < 4.78 is 0. The third-order valence-electron chi connectivity index (χ3n) is 6.67. The lowest BCUT2D eigenvalue weighted by molar-refractivity contribution is -0.150. The Bertz CT molecular complexity index is 751. The molecule has 2 heterocycles. The summed E-state index contributed by atoms with van der Waals surface area (Å²) in [5.41, 5.74) is -0.105. The second-order valence-electron chi connectivity index (χ2n) is 8.48. The second-order valence-corrected chi connectivity index (χ2v) is 8.48. The summed E-state index contributed by atoms with van der Waals surface area (Å²) in [6, 6.07) is 9.35. The van der Waals surface area contributed by atoms with E-state index < -0.39 is 11.4 Å². The van der Waals surface area contributed by atoms with Crippen LogP contribution in [-0.4, -0.2) is 58.9 Å². The lowest BCUT2D eigenvalue weighted by Gasteiger charge is -2.41. The Morgan fingerprint density at radius 3 is 2.11 bits per heavy atom. The molecule has 6 heteroatoms. The predicted octanol–water partition coefficient (Wildman–Crippen LogP) is 2.28. The summed E-state index contributed by atoms with van der Waals surface area (Å²) >= 11 is 0. The van der Waals surface area contributed by atoms with Gasteiger partial charge >= 0.3 is 5.97 Å². The Balaban J connectivity index is 1.40. The number of piperidine rings is 2. The number of nitrogens with zero attached hydrogens (tertiary/aromatic N) is 2. The van der Waals surface area contributed by atoms with Gasteiger partial charge in [-0.25, -0.2) is 0 Å². The Labute approximate surface area is 165 Å². The van der Waals surface area contributed by atoms with Crippen LogP contribution in [0.4, 0.5) is 0 Å². The van der Waals surface area contributed by atoms with E-state index in [1.807, 2.05) is 40.1 Å². The highest BCUT2D eigenvalue weighted by atomic mass is 16.4. The minimum Gasteiger partial charge on any atom is -0.481 e. The molecule has 1 aliphatic carbocycles. The van der Waals surface area contributed by atoms with Gasteiger partial charge in [0.15, 0.2) is 0 Å². The third-order valence-corrected chi connectivity index (χ3v) is 6.67. The fourth-order valence-corrected chi connectivity index (χ4v) is 4.72. The number of hydrogen-bond donors (Lipinski definition) is 1. The molecule has 0 radical (unpaired) electrons. The first kappa shape index (κ1) is 19.0. The zero-order valence-corrected chi connectivity index (χ0v) is 16.2. The van der Waals surface area contributed by atoms with Crippen molar-refractivity contribution in [1.82, 2.24) is 9.80 Å². The Kier molecular flexibility index (Phi) is 5.13. The topological polar surface area (TPSA) is 77.9 Å². The van der Waals surface area contributed by atoms with Crippen LogP contribution in [-0.2, 0) is 19.8 Å². The van der Waals surface area contributed by atoms with E-state index in [1.165, 1.54) is 0 Å².